The Morgan fingerprint density at radius 2 is 2.14 bits per heavy atom. The van der Waals surface area contributed by atoms with E-state index in [0.717, 1.165) is 6.42 Å². The molecule has 1 rings (SSSR count). The van der Waals surface area contributed by atoms with Crippen molar-refractivity contribution in [3.63, 3.8) is 0 Å². The Labute approximate surface area is 85.6 Å². The molecule has 74 valence electrons. The van der Waals surface area contributed by atoms with E-state index in [4.69, 9.17) is 5.26 Å². The molecule has 0 saturated carbocycles. The maximum Gasteiger partial charge on any atom is 0.0622 e. The highest BCUT2D eigenvalue weighted by atomic mass is 14.9. The Hall–Kier alpha value is -1.33. The van der Waals surface area contributed by atoms with Crippen molar-refractivity contribution in [1.29, 1.82) is 5.26 Å². The molecule has 1 N–H and O–H groups in total. The molecule has 0 spiro atoms. The van der Waals surface area contributed by atoms with Gasteiger partial charge in [0.05, 0.1) is 6.07 Å². The minimum Gasteiger partial charge on any atom is -0.313 e. The zero-order valence-electron chi connectivity index (χ0n) is 8.75. The van der Waals surface area contributed by atoms with E-state index in [9.17, 15) is 0 Å². The first-order chi connectivity index (χ1) is 6.79. The molecule has 0 bridgehead atoms. The van der Waals surface area contributed by atoms with Crippen LogP contribution in [0.25, 0.3) is 0 Å². The van der Waals surface area contributed by atoms with Crippen molar-refractivity contribution in [1.82, 2.24) is 5.32 Å². The van der Waals surface area contributed by atoms with Gasteiger partial charge in [0.1, 0.15) is 0 Å². The van der Waals surface area contributed by atoms with Crippen molar-refractivity contribution in [2.45, 2.75) is 25.8 Å². The summed E-state index contributed by atoms with van der Waals surface area (Å²) in [6.07, 6.45) is 1.47. The van der Waals surface area contributed by atoms with Gasteiger partial charge in [-0.3, -0.25) is 0 Å². The summed E-state index contributed by atoms with van der Waals surface area (Å²) in [5.41, 5.74) is 2.58. The van der Waals surface area contributed by atoms with E-state index in [0.29, 0.717) is 12.5 Å². The SMILES string of the molecule is CNC(CCC#N)c1ccccc1C. The predicted molar refractivity (Wildman–Crippen MR) is 57.8 cm³/mol. The van der Waals surface area contributed by atoms with E-state index in [1.165, 1.54) is 11.1 Å². The summed E-state index contributed by atoms with van der Waals surface area (Å²) in [4.78, 5) is 0. The summed E-state index contributed by atoms with van der Waals surface area (Å²) < 4.78 is 0. The van der Waals surface area contributed by atoms with Gasteiger partial charge in [-0.15, -0.1) is 0 Å². The Bertz CT molecular complexity index is 325. The molecule has 0 aliphatic carbocycles. The number of rotatable bonds is 4. The number of nitrogens with zero attached hydrogens (tertiary/aromatic N) is 1. The number of nitrogens with one attached hydrogen (secondary N) is 1. The van der Waals surface area contributed by atoms with Crippen LogP contribution in [-0.2, 0) is 0 Å². The van der Waals surface area contributed by atoms with Crippen molar-refractivity contribution in [3.8, 4) is 6.07 Å². The molecule has 0 fully saturated rings. The van der Waals surface area contributed by atoms with Gasteiger partial charge in [0, 0.05) is 12.5 Å². The number of nitriles is 1. The summed E-state index contributed by atoms with van der Waals surface area (Å²) >= 11 is 0. The van der Waals surface area contributed by atoms with Crippen molar-refractivity contribution in [2.24, 2.45) is 0 Å². The second kappa shape index (κ2) is 5.41. The van der Waals surface area contributed by atoms with Gasteiger partial charge >= 0.3 is 0 Å². The summed E-state index contributed by atoms with van der Waals surface area (Å²) in [6, 6.07) is 10.8. The molecule has 0 amide bonds. The molecule has 0 heterocycles. The first kappa shape index (κ1) is 10.7. The van der Waals surface area contributed by atoms with Crippen molar-refractivity contribution in [2.75, 3.05) is 7.05 Å². The fourth-order valence-electron chi connectivity index (χ4n) is 1.64. The van der Waals surface area contributed by atoms with Crippen molar-refractivity contribution < 1.29 is 0 Å². The minimum atomic E-state index is 0.302. The molecule has 0 radical (unpaired) electrons. The maximum absolute atomic E-state index is 8.55. The van der Waals surface area contributed by atoms with Gasteiger partial charge in [-0.1, -0.05) is 24.3 Å². The Balaban J connectivity index is 2.79. The third kappa shape index (κ3) is 2.58. The van der Waals surface area contributed by atoms with Crippen LogP contribution in [0.3, 0.4) is 0 Å². The second-order valence-electron chi connectivity index (χ2n) is 3.39. The zero-order chi connectivity index (χ0) is 10.4. The lowest BCUT2D eigenvalue weighted by molar-refractivity contribution is 0.554. The highest BCUT2D eigenvalue weighted by molar-refractivity contribution is 5.28. The monoisotopic (exact) mass is 188 g/mol. The maximum atomic E-state index is 8.55. The van der Waals surface area contributed by atoms with Crippen LogP contribution in [0.15, 0.2) is 24.3 Å². The number of benzene rings is 1. The van der Waals surface area contributed by atoms with E-state index in [1.54, 1.807) is 0 Å². The summed E-state index contributed by atoms with van der Waals surface area (Å²) in [5.74, 6) is 0. The fourth-order valence-corrected chi connectivity index (χ4v) is 1.64. The number of hydrogen-bond donors (Lipinski definition) is 1. The van der Waals surface area contributed by atoms with E-state index < -0.39 is 0 Å². The topological polar surface area (TPSA) is 35.8 Å². The molecule has 0 aromatic heterocycles. The highest BCUT2D eigenvalue weighted by Crippen LogP contribution is 2.20. The smallest absolute Gasteiger partial charge is 0.0622 e. The molecular formula is C12H16N2. The van der Waals surface area contributed by atoms with Crippen LogP contribution in [0.4, 0.5) is 0 Å². The van der Waals surface area contributed by atoms with E-state index >= 15 is 0 Å². The summed E-state index contributed by atoms with van der Waals surface area (Å²) in [6.45, 7) is 2.10. The lowest BCUT2D eigenvalue weighted by Gasteiger charge is -2.17. The third-order valence-corrected chi connectivity index (χ3v) is 2.46. The molecule has 0 aliphatic rings. The molecule has 0 saturated heterocycles. The van der Waals surface area contributed by atoms with Crippen molar-refractivity contribution in [3.05, 3.63) is 35.4 Å². The number of aryl methyl sites for hydroxylation is 1. The Kier molecular flexibility index (Phi) is 4.15. The predicted octanol–water partition coefficient (Wildman–Crippen LogP) is 2.56. The van der Waals surface area contributed by atoms with E-state index in [-0.39, 0.29) is 0 Å². The second-order valence-corrected chi connectivity index (χ2v) is 3.39. The largest absolute Gasteiger partial charge is 0.313 e. The van der Waals surface area contributed by atoms with Gasteiger partial charge in [-0.05, 0) is 31.5 Å². The van der Waals surface area contributed by atoms with Gasteiger partial charge in [-0.2, -0.15) is 5.26 Å². The molecule has 1 aromatic carbocycles. The van der Waals surface area contributed by atoms with Crippen LogP contribution < -0.4 is 5.32 Å². The lowest BCUT2D eigenvalue weighted by atomic mass is 9.98. The molecule has 2 heteroatoms. The average Bonchev–Trinajstić information content (AvgIpc) is 2.21. The van der Waals surface area contributed by atoms with Crippen LogP contribution in [0.2, 0.25) is 0 Å². The molecule has 1 aromatic rings. The highest BCUT2D eigenvalue weighted by Gasteiger charge is 2.09. The van der Waals surface area contributed by atoms with Gasteiger partial charge in [0.25, 0.3) is 0 Å². The average molecular weight is 188 g/mol. The normalized spacial score (nSPS) is 12.1. The Morgan fingerprint density at radius 1 is 1.43 bits per heavy atom. The van der Waals surface area contributed by atoms with E-state index in [1.807, 2.05) is 19.2 Å². The first-order valence-electron chi connectivity index (χ1n) is 4.89. The summed E-state index contributed by atoms with van der Waals surface area (Å²) in [7, 11) is 1.94. The Morgan fingerprint density at radius 3 is 2.71 bits per heavy atom. The van der Waals surface area contributed by atoms with Crippen molar-refractivity contribution >= 4 is 0 Å². The summed E-state index contributed by atoms with van der Waals surface area (Å²) in [5, 5.41) is 11.8. The van der Waals surface area contributed by atoms with Gasteiger partial charge in [0.15, 0.2) is 0 Å². The lowest BCUT2D eigenvalue weighted by Crippen LogP contribution is -2.17. The fraction of sp³-hybridized carbons (Fsp3) is 0.417. The third-order valence-electron chi connectivity index (χ3n) is 2.46. The molecule has 1 atom stereocenters. The molecule has 14 heavy (non-hydrogen) atoms. The zero-order valence-corrected chi connectivity index (χ0v) is 8.75. The van der Waals surface area contributed by atoms with Gasteiger partial charge in [0.2, 0.25) is 0 Å². The van der Waals surface area contributed by atoms with Gasteiger partial charge in [-0.25, -0.2) is 0 Å². The quantitative estimate of drug-likeness (QED) is 0.788. The number of hydrogen-bond acceptors (Lipinski definition) is 2. The van der Waals surface area contributed by atoms with Crippen LogP contribution in [0.1, 0.15) is 30.0 Å². The molecule has 2 nitrogen and oxygen atoms in total. The molecular weight excluding hydrogens is 172 g/mol. The van der Waals surface area contributed by atoms with Crippen LogP contribution in [-0.4, -0.2) is 7.05 Å². The standard InChI is InChI=1S/C12H16N2/c1-10-6-3-4-7-11(10)12(14-2)8-5-9-13/h3-4,6-7,12,14H,5,8H2,1-2H3. The molecule has 1 unspecified atom stereocenters. The van der Waals surface area contributed by atoms with Crippen LogP contribution >= 0.6 is 0 Å². The first-order valence-corrected chi connectivity index (χ1v) is 4.89. The van der Waals surface area contributed by atoms with Gasteiger partial charge < -0.3 is 5.32 Å². The van der Waals surface area contributed by atoms with Crippen LogP contribution in [0, 0.1) is 18.3 Å². The van der Waals surface area contributed by atoms with Crippen LogP contribution in [0.5, 0.6) is 0 Å². The van der Waals surface area contributed by atoms with E-state index in [2.05, 4.69) is 30.4 Å². The minimum absolute atomic E-state index is 0.302. The molecule has 0 aliphatic heterocycles.